The van der Waals surface area contributed by atoms with Crippen molar-refractivity contribution in [1.29, 1.82) is 0 Å². The average molecular weight is 223 g/mol. The zero-order chi connectivity index (χ0) is 11.8. The number of nitrogens with one attached hydrogen (secondary N) is 1. The van der Waals surface area contributed by atoms with E-state index < -0.39 is 5.54 Å². The minimum Gasteiger partial charge on any atom is -0.468 e. The van der Waals surface area contributed by atoms with Crippen LogP contribution in [0.4, 0.5) is 0 Å². The molecular formula is C12H17NO3. The van der Waals surface area contributed by atoms with Crippen LogP contribution in [0.15, 0.2) is 16.5 Å². The van der Waals surface area contributed by atoms with E-state index in [4.69, 9.17) is 9.15 Å². The highest BCUT2D eigenvalue weighted by Gasteiger charge is 2.43. The SMILES string of the molecule is COC(=O)C1(C)CC(c2ccc(C)o2)CN1. The fourth-order valence-corrected chi connectivity index (χ4v) is 2.24. The van der Waals surface area contributed by atoms with Gasteiger partial charge in [-0.1, -0.05) is 0 Å². The van der Waals surface area contributed by atoms with Gasteiger partial charge in [0, 0.05) is 12.5 Å². The molecule has 0 saturated carbocycles. The van der Waals surface area contributed by atoms with Crippen LogP contribution < -0.4 is 5.32 Å². The fourth-order valence-electron chi connectivity index (χ4n) is 2.24. The molecule has 1 fully saturated rings. The van der Waals surface area contributed by atoms with E-state index in [1.807, 2.05) is 26.0 Å². The molecular weight excluding hydrogens is 206 g/mol. The molecule has 1 aromatic heterocycles. The van der Waals surface area contributed by atoms with Gasteiger partial charge in [0.25, 0.3) is 0 Å². The monoisotopic (exact) mass is 223 g/mol. The first-order valence-corrected chi connectivity index (χ1v) is 5.45. The fraction of sp³-hybridized carbons (Fsp3) is 0.583. The van der Waals surface area contributed by atoms with Crippen molar-refractivity contribution in [1.82, 2.24) is 5.32 Å². The minimum atomic E-state index is -0.583. The third-order valence-electron chi connectivity index (χ3n) is 3.19. The molecule has 0 spiro atoms. The predicted molar refractivity (Wildman–Crippen MR) is 59.2 cm³/mol. The number of methoxy groups -OCH3 is 1. The highest BCUT2D eigenvalue weighted by atomic mass is 16.5. The molecule has 4 nitrogen and oxygen atoms in total. The van der Waals surface area contributed by atoms with Crippen LogP contribution in [0.2, 0.25) is 0 Å². The van der Waals surface area contributed by atoms with Gasteiger partial charge >= 0.3 is 5.97 Å². The number of carbonyl (C=O) groups is 1. The van der Waals surface area contributed by atoms with E-state index >= 15 is 0 Å². The molecule has 0 aromatic carbocycles. The molecule has 0 amide bonds. The maximum Gasteiger partial charge on any atom is 0.325 e. The summed E-state index contributed by atoms with van der Waals surface area (Å²) in [6.45, 7) is 4.54. The standard InChI is InChI=1S/C12H17NO3/c1-8-4-5-10(16-8)9-6-12(2,13-7-9)11(14)15-3/h4-5,9,13H,6-7H2,1-3H3. The van der Waals surface area contributed by atoms with Gasteiger partial charge in [0.15, 0.2) is 0 Å². The van der Waals surface area contributed by atoms with Crippen molar-refractivity contribution >= 4 is 5.97 Å². The second-order valence-corrected chi connectivity index (χ2v) is 4.55. The Labute approximate surface area is 95.0 Å². The lowest BCUT2D eigenvalue weighted by atomic mass is 9.93. The van der Waals surface area contributed by atoms with Crippen LogP contribution in [0.5, 0.6) is 0 Å². The average Bonchev–Trinajstić information content (AvgIpc) is 2.84. The first-order valence-electron chi connectivity index (χ1n) is 5.45. The molecule has 1 saturated heterocycles. The number of aryl methyl sites for hydroxylation is 1. The second kappa shape index (κ2) is 3.94. The normalized spacial score (nSPS) is 29.3. The summed E-state index contributed by atoms with van der Waals surface area (Å²) in [4.78, 5) is 11.6. The van der Waals surface area contributed by atoms with Gasteiger partial charge in [-0.2, -0.15) is 0 Å². The maximum absolute atomic E-state index is 11.6. The number of esters is 1. The Morgan fingerprint density at radius 2 is 2.38 bits per heavy atom. The van der Waals surface area contributed by atoms with Crippen molar-refractivity contribution in [3.63, 3.8) is 0 Å². The zero-order valence-electron chi connectivity index (χ0n) is 9.87. The molecule has 1 aromatic rings. The maximum atomic E-state index is 11.6. The van der Waals surface area contributed by atoms with Crippen LogP contribution in [0.1, 0.15) is 30.8 Å². The number of carbonyl (C=O) groups excluding carboxylic acids is 1. The molecule has 88 valence electrons. The summed E-state index contributed by atoms with van der Waals surface area (Å²) < 4.78 is 10.4. The Morgan fingerprint density at radius 3 is 2.94 bits per heavy atom. The third-order valence-corrected chi connectivity index (χ3v) is 3.19. The van der Waals surface area contributed by atoms with Crippen LogP contribution in [-0.2, 0) is 9.53 Å². The third kappa shape index (κ3) is 1.85. The highest BCUT2D eigenvalue weighted by molar-refractivity contribution is 5.80. The molecule has 16 heavy (non-hydrogen) atoms. The van der Waals surface area contributed by atoms with E-state index in [2.05, 4.69) is 5.32 Å². The predicted octanol–water partition coefficient (Wildman–Crippen LogP) is 1.60. The van der Waals surface area contributed by atoms with E-state index in [1.165, 1.54) is 7.11 Å². The molecule has 0 radical (unpaired) electrons. The number of ether oxygens (including phenoxy) is 1. The van der Waals surface area contributed by atoms with Gasteiger partial charge in [-0.05, 0) is 32.4 Å². The lowest BCUT2D eigenvalue weighted by Crippen LogP contribution is -2.45. The lowest BCUT2D eigenvalue weighted by Gasteiger charge is -2.20. The molecule has 1 aliphatic rings. The Bertz CT molecular complexity index is 399. The molecule has 0 bridgehead atoms. The van der Waals surface area contributed by atoms with E-state index in [0.29, 0.717) is 6.42 Å². The van der Waals surface area contributed by atoms with Crippen LogP contribution >= 0.6 is 0 Å². The molecule has 4 heteroatoms. The molecule has 0 aliphatic carbocycles. The van der Waals surface area contributed by atoms with E-state index in [1.54, 1.807) is 0 Å². The van der Waals surface area contributed by atoms with Crippen molar-refractivity contribution < 1.29 is 13.9 Å². The largest absolute Gasteiger partial charge is 0.468 e. The summed E-state index contributed by atoms with van der Waals surface area (Å²) in [5, 5.41) is 3.21. The van der Waals surface area contributed by atoms with E-state index in [9.17, 15) is 4.79 Å². The van der Waals surface area contributed by atoms with Crippen molar-refractivity contribution in [3.05, 3.63) is 23.7 Å². The minimum absolute atomic E-state index is 0.210. The number of rotatable bonds is 2. The number of hydrogen-bond acceptors (Lipinski definition) is 4. The van der Waals surface area contributed by atoms with Crippen LogP contribution in [-0.4, -0.2) is 25.2 Å². The highest BCUT2D eigenvalue weighted by Crippen LogP contribution is 2.33. The molecule has 2 atom stereocenters. The van der Waals surface area contributed by atoms with Gasteiger partial charge in [0.05, 0.1) is 7.11 Å². The Morgan fingerprint density at radius 1 is 1.62 bits per heavy atom. The van der Waals surface area contributed by atoms with E-state index in [0.717, 1.165) is 18.1 Å². The summed E-state index contributed by atoms with van der Waals surface area (Å²) in [5.74, 6) is 1.88. The van der Waals surface area contributed by atoms with Crippen molar-refractivity contribution in [2.75, 3.05) is 13.7 Å². The van der Waals surface area contributed by atoms with Crippen LogP contribution in [0, 0.1) is 6.92 Å². The topological polar surface area (TPSA) is 51.5 Å². The summed E-state index contributed by atoms with van der Waals surface area (Å²) in [5.41, 5.74) is -0.583. The van der Waals surface area contributed by atoms with Gasteiger partial charge in [-0.15, -0.1) is 0 Å². The summed E-state index contributed by atoms with van der Waals surface area (Å²) in [6, 6.07) is 3.92. The Hall–Kier alpha value is -1.29. The van der Waals surface area contributed by atoms with Crippen molar-refractivity contribution in [2.45, 2.75) is 31.7 Å². The summed E-state index contributed by atoms with van der Waals surface area (Å²) >= 11 is 0. The molecule has 2 rings (SSSR count). The second-order valence-electron chi connectivity index (χ2n) is 4.55. The summed E-state index contributed by atoms with van der Waals surface area (Å²) in [7, 11) is 1.42. The molecule has 1 aliphatic heterocycles. The smallest absolute Gasteiger partial charge is 0.325 e. The molecule has 2 unspecified atom stereocenters. The molecule has 2 heterocycles. The first kappa shape index (κ1) is 11.2. The van der Waals surface area contributed by atoms with Gasteiger partial charge in [-0.3, -0.25) is 4.79 Å². The zero-order valence-corrected chi connectivity index (χ0v) is 9.87. The quantitative estimate of drug-likeness (QED) is 0.774. The van der Waals surface area contributed by atoms with Crippen LogP contribution in [0.25, 0.3) is 0 Å². The van der Waals surface area contributed by atoms with Crippen molar-refractivity contribution in [3.8, 4) is 0 Å². The van der Waals surface area contributed by atoms with Crippen LogP contribution in [0.3, 0.4) is 0 Å². The van der Waals surface area contributed by atoms with Gasteiger partial charge in [0.2, 0.25) is 0 Å². The van der Waals surface area contributed by atoms with E-state index in [-0.39, 0.29) is 11.9 Å². The van der Waals surface area contributed by atoms with Gasteiger partial charge < -0.3 is 14.5 Å². The lowest BCUT2D eigenvalue weighted by molar-refractivity contribution is -0.147. The van der Waals surface area contributed by atoms with Gasteiger partial charge in [0.1, 0.15) is 17.1 Å². The number of furan rings is 1. The number of hydrogen-bond donors (Lipinski definition) is 1. The van der Waals surface area contributed by atoms with Gasteiger partial charge in [-0.25, -0.2) is 0 Å². The first-order chi connectivity index (χ1) is 7.55. The van der Waals surface area contributed by atoms with Crippen molar-refractivity contribution in [2.24, 2.45) is 0 Å². The molecule has 1 N–H and O–H groups in total. The Kier molecular flexibility index (Phi) is 2.76. The Balaban J connectivity index is 2.11. The summed E-state index contributed by atoms with van der Waals surface area (Å²) in [6.07, 6.45) is 0.715.